The molecular formula is C15H17NO3. The summed E-state index contributed by atoms with van der Waals surface area (Å²) in [6.45, 7) is 2.55. The molecule has 2 aromatic carbocycles. The lowest BCUT2D eigenvalue weighted by atomic mass is 10.1. The number of hydrogen-bond donors (Lipinski definition) is 2. The Labute approximate surface area is 112 Å². The molecule has 0 aromatic heterocycles. The number of hydrogen-bond acceptors (Lipinski definition) is 3. The summed E-state index contributed by atoms with van der Waals surface area (Å²) in [5.41, 5.74) is 0. The van der Waals surface area contributed by atoms with Gasteiger partial charge in [-0.1, -0.05) is 30.3 Å². The van der Waals surface area contributed by atoms with Gasteiger partial charge >= 0.3 is 5.97 Å². The molecule has 0 aliphatic heterocycles. The van der Waals surface area contributed by atoms with E-state index < -0.39 is 12.0 Å². The van der Waals surface area contributed by atoms with Crippen LogP contribution in [-0.4, -0.2) is 30.3 Å². The van der Waals surface area contributed by atoms with E-state index in [2.05, 4.69) is 11.4 Å². The highest BCUT2D eigenvalue weighted by Gasteiger charge is 2.08. The number of benzene rings is 2. The molecule has 4 heteroatoms. The highest BCUT2D eigenvalue weighted by atomic mass is 16.5. The van der Waals surface area contributed by atoms with Crippen molar-refractivity contribution in [3.63, 3.8) is 0 Å². The van der Waals surface area contributed by atoms with Gasteiger partial charge in [-0.25, -0.2) is 0 Å². The lowest BCUT2D eigenvalue weighted by Crippen LogP contribution is -2.36. The Morgan fingerprint density at radius 1 is 1.26 bits per heavy atom. The third-order valence-electron chi connectivity index (χ3n) is 2.91. The molecule has 0 fully saturated rings. The fourth-order valence-corrected chi connectivity index (χ4v) is 1.79. The minimum Gasteiger partial charge on any atom is -0.492 e. The Balaban J connectivity index is 1.86. The maximum absolute atomic E-state index is 10.6. The Hall–Kier alpha value is -2.07. The van der Waals surface area contributed by atoms with Gasteiger partial charge < -0.3 is 15.2 Å². The first-order chi connectivity index (χ1) is 9.16. The van der Waals surface area contributed by atoms with Gasteiger partial charge in [0, 0.05) is 6.54 Å². The van der Waals surface area contributed by atoms with Gasteiger partial charge in [-0.2, -0.15) is 0 Å². The molecule has 0 aliphatic carbocycles. The van der Waals surface area contributed by atoms with Crippen LogP contribution in [-0.2, 0) is 4.79 Å². The van der Waals surface area contributed by atoms with E-state index in [1.807, 2.05) is 36.4 Å². The van der Waals surface area contributed by atoms with E-state index in [-0.39, 0.29) is 0 Å². The standard InChI is InChI=1S/C15H17NO3/c1-11(15(17)18)16-8-9-19-14-7-6-12-4-2-3-5-13(12)10-14/h2-7,10-11,16H,8-9H2,1H3,(H,17,18)/t11-/m1/s1. The van der Waals surface area contributed by atoms with Crippen LogP contribution in [0.5, 0.6) is 5.75 Å². The van der Waals surface area contributed by atoms with Crippen LogP contribution in [0.15, 0.2) is 42.5 Å². The second kappa shape index (κ2) is 6.20. The SMILES string of the molecule is C[C@@H](NCCOc1ccc2ccccc2c1)C(=O)O. The number of aliphatic carboxylic acids is 1. The van der Waals surface area contributed by atoms with Crippen molar-refractivity contribution in [3.05, 3.63) is 42.5 Å². The van der Waals surface area contributed by atoms with Gasteiger partial charge in [-0.05, 0) is 29.8 Å². The molecule has 1 atom stereocenters. The first-order valence-electron chi connectivity index (χ1n) is 6.24. The third kappa shape index (κ3) is 3.69. The lowest BCUT2D eigenvalue weighted by molar-refractivity contribution is -0.139. The van der Waals surface area contributed by atoms with Crippen molar-refractivity contribution in [2.45, 2.75) is 13.0 Å². The number of carboxylic acids is 1. The average molecular weight is 259 g/mol. The topological polar surface area (TPSA) is 58.6 Å². The van der Waals surface area contributed by atoms with Crippen molar-refractivity contribution in [3.8, 4) is 5.75 Å². The molecule has 2 rings (SSSR count). The highest BCUT2D eigenvalue weighted by Crippen LogP contribution is 2.20. The minimum absolute atomic E-state index is 0.440. The van der Waals surface area contributed by atoms with Crippen LogP contribution < -0.4 is 10.1 Å². The van der Waals surface area contributed by atoms with Crippen LogP contribution in [0, 0.1) is 0 Å². The van der Waals surface area contributed by atoms with Gasteiger partial charge in [0.15, 0.2) is 0 Å². The molecule has 100 valence electrons. The van der Waals surface area contributed by atoms with Crippen molar-refractivity contribution >= 4 is 16.7 Å². The zero-order valence-corrected chi connectivity index (χ0v) is 10.8. The Bertz CT molecular complexity index is 568. The lowest BCUT2D eigenvalue weighted by Gasteiger charge is -2.10. The third-order valence-corrected chi connectivity index (χ3v) is 2.91. The van der Waals surface area contributed by atoms with Crippen molar-refractivity contribution in [2.24, 2.45) is 0 Å². The fraction of sp³-hybridized carbons (Fsp3) is 0.267. The Morgan fingerprint density at radius 2 is 2.00 bits per heavy atom. The van der Waals surface area contributed by atoms with Crippen LogP contribution in [0.25, 0.3) is 10.8 Å². The van der Waals surface area contributed by atoms with E-state index in [9.17, 15) is 4.79 Å². The van der Waals surface area contributed by atoms with E-state index in [0.29, 0.717) is 13.2 Å². The first-order valence-corrected chi connectivity index (χ1v) is 6.24. The predicted octanol–water partition coefficient (Wildman–Crippen LogP) is 2.28. The van der Waals surface area contributed by atoms with Crippen molar-refractivity contribution in [2.75, 3.05) is 13.2 Å². The van der Waals surface area contributed by atoms with Gasteiger partial charge in [-0.15, -0.1) is 0 Å². The summed E-state index contributed by atoms with van der Waals surface area (Å²) in [6, 6.07) is 13.4. The van der Waals surface area contributed by atoms with Crippen LogP contribution in [0.2, 0.25) is 0 Å². The zero-order valence-electron chi connectivity index (χ0n) is 10.8. The van der Waals surface area contributed by atoms with Crippen molar-refractivity contribution in [1.82, 2.24) is 5.32 Å². The summed E-state index contributed by atoms with van der Waals surface area (Å²) < 4.78 is 5.59. The molecule has 0 aliphatic rings. The van der Waals surface area contributed by atoms with Gasteiger partial charge in [0.1, 0.15) is 18.4 Å². The van der Waals surface area contributed by atoms with Crippen molar-refractivity contribution in [1.29, 1.82) is 0 Å². The maximum Gasteiger partial charge on any atom is 0.320 e. The van der Waals surface area contributed by atoms with E-state index in [0.717, 1.165) is 11.1 Å². The molecule has 0 bridgehead atoms. The molecule has 0 unspecified atom stereocenters. The molecule has 0 radical (unpaired) electrons. The number of carboxylic acid groups (broad SMARTS) is 1. The first kappa shape index (κ1) is 13.4. The molecular weight excluding hydrogens is 242 g/mol. The van der Waals surface area contributed by atoms with Gasteiger partial charge in [0.05, 0.1) is 0 Å². The molecule has 0 spiro atoms. The minimum atomic E-state index is -0.856. The summed E-state index contributed by atoms with van der Waals surface area (Å²) >= 11 is 0. The smallest absolute Gasteiger partial charge is 0.320 e. The fourth-order valence-electron chi connectivity index (χ4n) is 1.79. The number of ether oxygens (including phenoxy) is 1. The summed E-state index contributed by atoms with van der Waals surface area (Å²) in [5, 5.41) is 13.9. The second-order valence-corrected chi connectivity index (χ2v) is 4.37. The normalized spacial score (nSPS) is 12.3. The van der Waals surface area contributed by atoms with Gasteiger partial charge in [0.2, 0.25) is 0 Å². The van der Waals surface area contributed by atoms with E-state index in [4.69, 9.17) is 9.84 Å². The number of carbonyl (C=O) groups is 1. The van der Waals surface area contributed by atoms with E-state index in [1.165, 1.54) is 5.39 Å². The van der Waals surface area contributed by atoms with Crippen molar-refractivity contribution < 1.29 is 14.6 Å². The Morgan fingerprint density at radius 3 is 2.74 bits per heavy atom. The maximum atomic E-state index is 10.6. The highest BCUT2D eigenvalue weighted by molar-refractivity contribution is 5.83. The van der Waals surface area contributed by atoms with Crippen LogP contribution >= 0.6 is 0 Å². The summed E-state index contributed by atoms with van der Waals surface area (Å²) in [5.74, 6) is -0.0609. The van der Waals surface area contributed by atoms with Crippen LogP contribution in [0.3, 0.4) is 0 Å². The summed E-state index contributed by atoms with van der Waals surface area (Å²) in [7, 11) is 0. The van der Waals surface area contributed by atoms with Gasteiger partial charge in [0.25, 0.3) is 0 Å². The molecule has 2 aromatic rings. The molecule has 2 N–H and O–H groups in total. The molecule has 19 heavy (non-hydrogen) atoms. The number of fused-ring (bicyclic) bond motifs is 1. The molecule has 0 saturated carbocycles. The van der Waals surface area contributed by atoms with E-state index >= 15 is 0 Å². The number of nitrogens with one attached hydrogen (secondary N) is 1. The molecule has 4 nitrogen and oxygen atoms in total. The predicted molar refractivity (Wildman–Crippen MR) is 74.5 cm³/mol. The zero-order chi connectivity index (χ0) is 13.7. The van der Waals surface area contributed by atoms with E-state index in [1.54, 1.807) is 6.92 Å². The van der Waals surface area contributed by atoms with Crippen LogP contribution in [0.1, 0.15) is 6.92 Å². The molecule has 0 amide bonds. The van der Waals surface area contributed by atoms with Gasteiger partial charge in [-0.3, -0.25) is 4.79 Å². The molecule has 0 heterocycles. The van der Waals surface area contributed by atoms with Crippen LogP contribution in [0.4, 0.5) is 0 Å². The summed E-state index contributed by atoms with van der Waals surface area (Å²) in [4.78, 5) is 10.6. The Kier molecular flexibility index (Phi) is 4.36. The number of rotatable bonds is 6. The monoisotopic (exact) mass is 259 g/mol. The summed E-state index contributed by atoms with van der Waals surface area (Å²) in [6.07, 6.45) is 0. The molecule has 0 saturated heterocycles. The second-order valence-electron chi connectivity index (χ2n) is 4.37. The quantitative estimate of drug-likeness (QED) is 0.781. The largest absolute Gasteiger partial charge is 0.492 e. The average Bonchev–Trinajstić information content (AvgIpc) is 2.43.